The largest absolute Gasteiger partial charge is 0.496 e. The Morgan fingerprint density at radius 2 is 2.12 bits per heavy atom. The maximum atomic E-state index is 12.6. The number of hydrogen-bond acceptors (Lipinski definition) is 4. The van der Waals surface area contributed by atoms with Gasteiger partial charge >= 0.3 is 12.1 Å². The van der Waals surface area contributed by atoms with Gasteiger partial charge in [-0.25, -0.2) is 9.59 Å². The fourth-order valence-electron chi connectivity index (χ4n) is 2.99. The van der Waals surface area contributed by atoms with E-state index in [9.17, 15) is 14.4 Å². The van der Waals surface area contributed by atoms with Gasteiger partial charge in [0.15, 0.2) is 0 Å². The van der Waals surface area contributed by atoms with E-state index in [0.29, 0.717) is 18.8 Å². The van der Waals surface area contributed by atoms with E-state index in [0.717, 1.165) is 10.0 Å². The predicted octanol–water partition coefficient (Wildman–Crippen LogP) is 0.985. The first-order chi connectivity index (χ1) is 11.4. The maximum absolute atomic E-state index is 12.6. The average Bonchev–Trinajstić information content (AvgIpc) is 2.79. The number of urea groups is 2. The van der Waals surface area contributed by atoms with Crippen LogP contribution in [-0.4, -0.2) is 65.5 Å². The Labute approximate surface area is 147 Å². The van der Waals surface area contributed by atoms with E-state index < -0.39 is 12.1 Å². The van der Waals surface area contributed by atoms with Gasteiger partial charge in [0.25, 0.3) is 5.91 Å². The van der Waals surface area contributed by atoms with Crippen molar-refractivity contribution in [2.24, 2.45) is 5.73 Å². The fraction of sp³-hybridized carbons (Fsp3) is 0.400. The SMILES string of the molecule is COc1ccc(CN2C(=O)C3CN(C(N)=O)CCN3C2=O)cc1Br. The monoisotopic (exact) mass is 396 g/mol. The van der Waals surface area contributed by atoms with E-state index >= 15 is 0 Å². The van der Waals surface area contributed by atoms with E-state index in [-0.39, 0.29) is 25.0 Å². The van der Waals surface area contributed by atoms with Crippen molar-refractivity contribution in [2.45, 2.75) is 12.6 Å². The molecule has 1 aromatic carbocycles. The number of nitrogens with zero attached hydrogens (tertiary/aromatic N) is 3. The number of ether oxygens (including phenoxy) is 1. The summed E-state index contributed by atoms with van der Waals surface area (Å²) in [6.45, 7) is 0.959. The van der Waals surface area contributed by atoms with Gasteiger partial charge in [0.2, 0.25) is 0 Å². The summed E-state index contributed by atoms with van der Waals surface area (Å²) in [5.41, 5.74) is 6.08. The van der Waals surface area contributed by atoms with Crippen LogP contribution in [0.3, 0.4) is 0 Å². The molecule has 0 radical (unpaired) electrons. The zero-order chi connectivity index (χ0) is 17.4. The zero-order valence-corrected chi connectivity index (χ0v) is 14.7. The van der Waals surface area contributed by atoms with Crippen LogP contribution in [0.2, 0.25) is 0 Å². The molecule has 2 saturated heterocycles. The van der Waals surface area contributed by atoms with Crippen LogP contribution < -0.4 is 10.5 Å². The second-order valence-corrected chi connectivity index (χ2v) is 6.52. The molecular formula is C15H17BrN4O4. The van der Waals surface area contributed by atoms with Crippen LogP contribution in [0.15, 0.2) is 22.7 Å². The number of carbonyl (C=O) groups excluding carboxylic acids is 3. The third-order valence-corrected chi connectivity index (χ3v) is 4.90. The van der Waals surface area contributed by atoms with Gasteiger partial charge in [-0.3, -0.25) is 9.69 Å². The normalized spacial score (nSPS) is 20.4. The molecule has 0 saturated carbocycles. The second kappa shape index (κ2) is 6.31. The second-order valence-electron chi connectivity index (χ2n) is 5.67. The lowest BCUT2D eigenvalue weighted by molar-refractivity contribution is -0.129. The molecule has 2 aliphatic rings. The van der Waals surface area contributed by atoms with Gasteiger partial charge in [-0.1, -0.05) is 6.07 Å². The van der Waals surface area contributed by atoms with Gasteiger partial charge < -0.3 is 20.3 Å². The van der Waals surface area contributed by atoms with Crippen LogP contribution in [0, 0.1) is 0 Å². The average molecular weight is 397 g/mol. The summed E-state index contributed by atoms with van der Waals surface area (Å²) >= 11 is 3.39. The third kappa shape index (κ3) is 2.79. The molecule has 5 amide bonds. The molecule has 1 unspecified atom stereocenters. The van der Waals surface area contributed by atoms with Crippen LogP contribution >= 0.6 is 15.9 Å². The Hall–Kier alpha value is -2.29. The van der Waals surface area contributed by atoms with Crippen molar-refractivity contribution in [3.63, 3.8) is 0 Å². The number of rotatable bonds is 3. The van der Waals surface area contributed by atoms with Crippen molar-refractivity contribution in [2.75, 3.05) is 26.7 Å². The number of carbonyl (C=O) groups is 3. The highest BCUT2D eigenvalue weighted by Crippen LogP contribution is 2.28. The van der Waals surface area contributed by atoms with Crippen LogP contribution in [0.4, 0.5) is 9.59 Å². The van der Waals surface area contributed by atoms with Crippen LogP contribution in [0.5, 0.6) is 5.75 Å². The highest BCUT2D eigenvalue weighted by molar-refractivity contribution is 9.10. The van der Waals surface area contributed by atoms with E-state index in [1.54, 1.807) is 19.2 Å². The first-order valence-corrected chi connectivity index (χ1v) is 8.20. The minimum atomic E-state index is -0.652. The molecule has 128 valence electrons. The predicted molar refractivity (Wildman–Crippen MR) is 88.3 cm³/mol. The minimum absolute atomic E-state index is 0.142. The molecular weight excluding hydrogens is 380 g/mol. The molecule has 2 heterocycles. The number of primary amides is 1. The Morgan fingerprint density at radius 1 is 1.38 bits per heavy atom. The molecule has 3 rings (SSSR count). The molecule has 0 aliphatic carbocycles. The van der Waals surface area contributed by atoms with Crippen molar-refractivity contribution in [3.8, 4) is 5.75 Å². The van der Waals surface area contributed by atoms with Crippen molar-refractivity contribution >= 4 is 33.9 Å². The van der Waals surface area contributed by atoms with Crippen LogP contribution in [0.25, 0.3) is 0 Å². The summed E-state index contributed by atoms with van der Waals surface area (Å²) in [6, 6.07) is 3.82. The first kappa shape index (κ1) is 16.6. The van der Waals surface area contributed by atoms with E-state index in [4.69, 9.17) is 10.5 Å². The molecule has 24 heavy (non-hydrogen) atoms. The Bertz CT molecular complexity index is 711. The smallest absolute Gasteiger partial charge is 0.327 e. The minimum Gasteiger partial charge on any atom is -0.496 e. The Kier molecular flexibility index (Phi) is 4.35. The van der Waals surface area contributed by atoms with Crippen LogP contribution in [0.1, 0.15) is 5.56 Å². The summed E-state index contributed by atoms with van der Waals surface area (Å²) in [7, 11) is 1.57. The maximum Gasteiger partial charge on any atom is 0.327 e. The van der Waals surface area contributed by atoms with Gasteiger partial charge in [-0.05, 0) is 33.6 Å². The highest BCUT2D eigenvalue weighted by Gasteiger charge is 2.48. The molecule has 2 N–H and O–H groups in total. The summed E-state index contributed by atoms with van der Waals surface area (Å²) in [5.74, 6) is 0.366. The number of hydrogen-bond donors (Lipinski definition) is 1. The van der Waals surface area contributed by atoms with E-state index in [2.05, 4.69) is 15.9 Å². The van der Waals surface area contributed by atoms with Gasteiger partial charge in [0.1, 0.15) is 11.8 Å². The number of benzene rings is 1. The summed E-state index contributed by atoms with van der Waals surface area (Å²) in [5, 5.41) is 0. The first-order valence-electron chi connectivity index (χ1n) is 7.41. The van der Waals surface area contributed by atoms with Crippen molar-refractivity contribution in [1.29, 1.82) is 0 Å². The molecule has 8 nitrogen and oxygen atoms in total. The standard InChI is InChI=1S/C15H17BrN4O4/c1-24-12-3-2-9(6-10(12)16)7-20-13(21)11-8-18(14(17)22)4-5-19(11)15(20)23/h2-3,6,11H,4-5,7-8H2,1H3,(H2,17,22). The number of imide groups is 1. The lowest BCUT2D eigenvalue weighted by Crippen LogP contribution is -2.55. The van der Waals surface area contributed by atoms with Crippen molar-refractivity contribution < 1.29 is 19.1 Å². The van der Waals surface area contributed by atoms with Crippen molar-refractivity contribution in [1.82, 2.24) is 14.7 Å². The Morgan fingerprint density at radius 3 is 2.75 bits per heavy atom. The zero-order valence-electron chi connectivity index (χ0n) is 13.1. The van der Waals surface area contributed by atoms with Crippen LogP contribution in [-0.2, 0) is 11.3 Å². The molecule has 0 spiro atoms. The molecule has 1 atom stereocenters. The molecule has 9 heteroatoms. The molecule has 2 fully saturated rings. The number of fused-ring (bicyclic) bond motifs is 1. The molecule has 0 aromatic heterocycles. The fourth-order valence-corrected chi connectivity index (χ4v) is 3.58. The third-order valence-electron chi connectivity index (χ3n) is 4.28. The number of amides is 5. The molecule has 1 aromatic rings. The lowest BCUT2D eigenvalue weighted by Gasteiger charge is -2.34. The number of halogens is 1. The van der Waals surface area contributed by atoms with Crippen molar-refractivity contribution in [3.05, 3.63) is 28.2 Å². The number of nitrogens with two attached hydrogens (primary N) is 1. The van der Waals surface area contributed by atoms with Gasteiger partial charge in [0, 0.05) is 13.1 Å². The lowest BCUT2D eigenvalue weighted by atomic mass is 10.1. The summed E-state index contributed by atoms with van der Waals surface area (Å²) in [4.78, 5) is 40.5. The van der Waals surface area contributed by atoms with Gasteiger partial charge in [-0.15, -0.1) is 0 Å². The van der Waals surface area contributed by atoms with Gasteiger partial charge in [-0.2, -0.15) is 0 Å². The number of methoxy groups -OCH3 is 1. The molecule has 2 aliphatic heterocycles. The van der Waals surface area contributed by atoms with Gasteiger partial charge in [0.05, 0.1) is 24.7 Å². The van der Waals surface area contributed by atoms with E-state index in [1.807, 2.05) is 6.07 Å². The summed E-state index contributed by atoms with van der Waals surface area (Å²) in [6.07, 6.45) is 0. The topological polar surface area (TPSA) is 96.2 Å². The van der Waals surface area contributed by atoms with E-state index in [1.165, 1.54) is 14.7 Å². The molecule has 0 bridgehead atoms. The Balaban J connectivity index is 1.77. The highest BCUT2D eigenvalue weighted by atomic mass is 79.9. The summed E-state index contributed by atoms with van der Waals surface area (Å²) < 4.78 is 5.92. The quantitative estimate of drug-likeness (QED) is 0.770. The number of piperazine rings is 1.